The van der Waals surface area contributed by atoms with E-state index in [1.807, 2.05) is 31.2 Å². The summed E-state index contributed by atoms with van der Waals surface area (Å²) in [6.45, 7) is 4.24. The highest BCUT2D eigenvalue weighted by Crippen LogP contribution is 2.36. The minimum atomic E-state index is -4.44. The van der Waals surface area contributed by atoms with E-state index in [2.05, 4.69) is 17.4 Å². The molecule has 1 saturated heterocycles. The van der Waals surface area contributed by atoms with E-state index in [-0.39, 0.29) is 12.0 Å². The quantitative estimate of drug-likeness (QED) is 0.427. The van der Waals surface area contributed by atoms with Crippen LogP contribution in [0.25, 0.3) is 11.1 Å². The van der Waals surface area contributed by atoms with Gasteiger partial charge in [-0.05, 0) is 91.0 Å². The Morgan fingerprint density at radius 3 is 2.29 bits per heavy atom. The van der Waals surface area contributed by atoms with E-state index in [0.717, 1.165) is 31.5 Å². The van der Waals surface area contributed by atoms with Crippen molar-refractivity contribution in [2.75, 3.05) is 26.8 Å². The number of alkyl halides is 3. The maximum absolute atomic E-state index is 13.7. The Morgan fingerprint density at radius 1 is 0.912 bits per heavy atom. The second-order valence-corrected chi connectivity index (χ2v) is 8.99. The summed E-state index contributed by atoms with van der Waals surface area (Å²) in [7, 11) is 1.58. The molecule has 3 nitrogen and oxygen atoms in total. The van der Waals surface area contributed by atoms with Crippen molar-refractivity contribution in [3.05, 3.63) is 89.0 Å². The fourth-order valence-electron chi connectivity index (χ4n) is 4.74. The molecule has 1 N–H and O–H groups in total. The van der Waals surface area contributed by atoms with Gasteiger partial charge in [-0.1, -0.05) is 36.4 Å². The smallest absolute Gasteiger partial charge is 0.416 e. The molecule has 0 spiro atoms. The van der Waals surface area contributed by atoms with Crippen molar-refractivity contribution >= 4 is 0 Å². The Balaban J connectivity index is 1.59. The molecular weight excluding hydrogens is 439 g/mol. The van der Waals surface area contributed by atoms with Crippen molar-refractivity contribution in [3.63, 3.8) is 0 Å². The third-order valence-electron chi connectivity index (χ3n) is 6.64. The number of halogens is 3. The predicted molar refractivity (Wildman–Crippen MR) is 128 cm³/mol. The molecule has 180 valence electrons. The van der Waals surface area contributed by atoms with Crippen molar-refractivity contribution in [3.8, 4) is 16.9 Å². The van der Waals surface area contributed by atoms with Crippen LogP contribution in [0.4, 0.5) is 13.2 Å². The van der Waals surface area contributed by atoms with Crippen molar-refractivity contribution in [1.82, 2.24) is 5.32 Å². The van der Waals surface area contributed by atoms with E-state index in [0.29, 0.717) is 29.0 Å². The minimum Gasteiger partial charge on any atom is -0.496 e. The summed E-state index contributed by atoms with van der Waals surface area (Å²) in [5.41, 5.74) is 3.01. The number of rotatable bonds is 7. The molecule has 1 heterocycles. The van der Waals surface area contributed by atoms with Crippen molar-refractivity contribution in [2.24, 2.45) is 0 Å². The lowest BCUT2D eigenvalue weighted by Crippen LogP contribution is -2.43. The number of nitrogens with one attached hydrogen (secondary N) is 1. The highest BCUT2D eigenvalue weighted by atomic mass is 19.4. The predicted octanol–water partition coefficient (Wildman–Crippen LogP) is 6.53. The molecule has 0 atom stereocenters. The van der Waals surface area contributed by atoms with Gasteiger partial charge in [0.2, 0.25) is 0 Å². The van der Waals surface area contributed by atoms with Crippen LogP contribution in [-0.2, 0) is 22.9 Å². The lowest BCUT2D eigenvalue weighted by atomic mass is 9.74. The Labute approximate surface area is 198 Å². The van der Waals surface area contributed by atoms with E-state index in [1.54, 1.807) is 25.3 Å². The van der Waals surface area contributed by atoms with Crippen LogP contribution < -0.4 is 10.1 Å². The monoisotopic (exact) mass is 469 g/mol. The number of aryl methyl sites for hydroxylation is 1. The summed E-state index contributed by atoms with van der Waals surface area (Å²) in [6, 6.07) is 19.8. The average Bonchev–Trinajstić information content (AvgIpc) is 2.84. The van der Waals surface area contributed by atoms with Gasteiger partial charge < -0.3 is 14.8 Å². The van der Waals surface area contributed by atoms with Gasteiger partial charge in [-0.15, -0.1) is 0 Å². The number of methoxy groups -OCH3 is 1. The minimum absolute atomic E-state index is 0.119. The zero-order chi connectivity index (χ0) is 24.2. The van der Waals surface area contributed by atoms with Crippen LogP contribution in [-0.4, -0.2) is 26.8 Å². The van der Waals surface area contributed by atoms with Crippen LogP contribution in [0, 0.1) is 6.92 Å². The molecule has 0 aromatic heterocycles. The van der Waals surface area contributed by atoms with Gasteiger partial charge >= 0.3 is 6.18 Å². The lowest BCUT2D eigenvalue weighted by Gasteiger charge is -2.38. The molecule has 1 aliphatic heterocycles. The van der Waals surface area contributed by atoms with Gasteiger partial charge in [0.1, 0.15) is 5.75 Å². The molecule has 0 saturated carbocycles. The summed E-state index contributed by atoms with van der Waals surface area (Å²) in [6.07, 6.45) is -2.58. The van der Waals surface area contributed by atoms with Gasteiger partial charge in [0.25, 0.3) is 0 Å². The van der Waals surface area contributed by atoms with Crippen LogP contribution in [0.1, 0.15) is 35.1 Å². The van der Waals surface area contributed by atoms with Gasteiger partial charge in [0, 0.05) is 5.41 Å². The first kappa shape index (κ1) is 24.3. The number of piperidine rings is 1. The molecule has 0 unspecified atom stereocenters. The summed E-state index contributed by atoms with van der Waals surface area (Å²) in [5.74, 6) is 0.701. The van der Waals surface area contributed by atoms with Crippen LogP contribution in [0.15, 0.2) is 66.7 Å². The summed E-state index contributed by atoms with van der Waals surface area (Å²) >= 11 is 0. The van der Waals surface area contributed by atoms with Gasteiger partial charge in [-0.2, -0.15) is 13.2 Å². The highest BCUT2D eigenvalue weighted by molar-refractivity contribution is 5.67. The van der Waals surface area contributed by atoms with E-state index < -0.39 is 11.7 Å². The number of benzene rings is 3. The normalized spacial score (nSPS) is 15.8. The molecule has 1 aliphatic rings. The zero-order valence-corrected chi connectivity index (χ0v) is 19.5. The summed E-state index contributed by atoms with van der Waals surface area (Å²) in [5, 5.41) is 3.39. The van der Waals surface area contributed by atoms with Crippen LogP contribution in [0.3, 0.4) is 0 Å². The first-order valence-corrected chi connectivity index (χ1v) is 11.5. The average molecular weight is 470 g/mol. The van der Waals surface area contributed by atoms with Gasteiger partial charge in [0.05, 0.1) is 25.9 Å². The van der Waals surface area contributed by atoms with Crippen LogP contribution in [0.2, 0.25) is 0 Å². The third kappa shape index (κ3) is 5.45. The Kier molecular flexibility index (Phi) is 7.29. The van der Waals surface area contributed by atoms with E-state index >= 15 is 0 Å². The number of hydrogen-bond acceptors (Lipinski definition) is 3. The van der Waals surface area contributed by atoms with Gasteiger partial charge in [-0.3, -0.25) is 0 Å². The van der Waals surface area contributed by atoms with Gasteiger partial charge in [0.15, 0.2) is 0 Å². The second-order valence-electron chi connectivity index (χ2n) is 8.99. The largest absolute Gasteiger partial charge is 0.496 e. The third-order valence-corrected chi connectivity index (χ3v) is 6.64. The lowest BCUT2D eigenvalue weighted by molar-refractivity contribution is -0.137. The van der Waals surface area contributed by atoms with Crippen LogP contribution >= 0.6 is 0 Å². The molecule has 3 aromatic rings. The van der Waals surface area contributed by atoms with E-state index in [1.165, 1.54) is 17.7 Å². The summed E-state index contributed by atoms with van der Waals surface area (Å²) < 4.78 is 52.5. The molecular formula is C28H30F3NO2. The van der Waals surface area contributed by atoms with E-state index in [4.69, 9.17) is 9.47 Å². The maximum Gasteiger partial charge on any atom is 0.416 e. The van der Waals surface area contributed by atoms with Crippen molar-refractivity contribution in [2.45, 2.75) is 38.0 Å². The fourth-order valence-corrected chi connectivity index (χ4v) is 4.74. The topological polar surface area (TPSA) is 30.5 Å². The van der Waals surface area contributed by atoms with Gasteiger partial charge in [-0.25, -0.2) is 0 Å². The highest BCUT2D eigenvalue weighted by Gasteiger charge is 2.34. The Bertz CT molecular complexity index is 1110. The standard InChI is InChI=1S/C28H30F3NO2/c1-20-14-22(8-9-26(20)33-2)23-15-21(16-25(17-23)28(29,30)31)18-34-19-27(10-12-32-13-11-27)24-6-4-3-5-7-24/h3-9,14-17,32H,10-13,18-19H2,1-2H3. The SMILES string of the molecule is COc1ccc(-c2cc(COCC3(c4ccccc4)CCNCC3)cc(C(F)(F)F)c2)cc1C. The molecule has 4 rings (SSSR count). The fraction of sp³-hybridized carbons (Fsp3) is 0.357. The molecule has 0 aliphatic carbocycles. The van der Waals surface area contributed by atoms with Crippen molar-refractivity contribution in [1.29, 1.82) is 0 Å². The second kappa shape index (κ2) is 10.2. The molecule has 0 bridgehead atoms. The number of ether oxygens (including phenoxy) is 2. The molecule has 0 amide bonds. The van der Waals surface area contributed by atoms with E-state index in [9.17, 15) is 13.2 Å². The Hall–Kier alpha value is -2.83. The molecule has 0 radical (unpaired) electrons. The number of hydrogen-bond donors (Lipinski definition) is 1. The molecule has 34 heavy (non-hydrogen) atoms. The molecule has 6 heteroatoms. The first-order chi connectivity index (χ1) is 16.3. The van der Waals surface area contributed by atoms with Crippen LogP contribution in [0.5, 0.6) is 5.75 Å². The summed E-state index contributed by atoms with van der Waals surface area (Å²) in [4.78, 5) is 0. The molecule has 1 fully saturated rings. The molecule has 3 aromatic carbocycles. The van der Waals surface area contributed by atoms with Crippen molar-refractivity contribution < 1.29 is 22.6 Å². The first-order valence-electron chi connectivity index (χ1n) is 11.5. The zero-order valence-electron chi connectivity index (χ0n) is 19.5. The maximum atomic E-state index is 13.7. The Morgan fingerprint density at radius 2 is 1.65 bits per heavy atom.